The molecule has 6 nitrogen and oxygen atoms in total. The van der Waals surface area contributed by atoms with E-state index in [0.29, 0.717) is 19.5 Å². The van der Waals surface area contributed by atoms with Gasteiger partial charge in [0.1, 0.15) is 5.60 Å². The minimum Gasteiger partial charge on any atom is -0.444 e. The molecule has 0 saturated heterocycles. The highest BCUT2D eigenvalue weighted by molar-refractivity contribution is 7.08. The van der Waals surface area contributed by atoms with Crippen molar-refractivity contribution in [1.29, 1.82) is 0 Å². The minimum absolute atomic E-state index is 0.439. The summed E-state index contributed by atoms with van der Waals surface area (Å²) in [6, 6.07) is 3.99. The van der Waals surface area contributed by atoms with Gasteiger partial charge in [0.05, 0.1) is 13.1 Å². The topological polar surface area (TPSA) is 67.9 Å². The van der Waals surface area contributed by atoms with Gasteiger partial charge in [-0.2, -0.15) is 22.7 Å². The van der Waals surface area contributed by atoms with Crippen LogP contribution in [-0.4, -0.2) is 28.4 Å². The fraction of sp³-hybridized carbons (Fsp3) is 0.545. The number of amides is 2. The molecule has 8 heteroatoms. The van der Waals surface area contributed by atoms with E-state index in [1.165, 1.54) is 0 Å². The summed E-state index contributed by atoms with van der Waals surface area (Å²) in [5, 5.41) is 10.8. The molecular formula is C22H32N2O4S2. The van der Waals surface area contributed by atoms with Gasteiger partial charge in [0, 0.05) is 6.42 Å². The van der Waals surface area contributed by atoms with E-state index in [4.69, 9.17) is 9.47 Å². The molecule has 0 radical (unpaired) electrons. The Morgan fingerprint density at radius 3 is 2.00 bits per heavy atom. The van der Waals surface area contributed by atoms with Gasteiger partial charge >= 0.3 is 12.2 Å². The molecule has 0 spiro atoms. The van der Waals surface area contributed by atoms with Crippen molar-refractivity contribution in [2.75, 3.05) is 0 Å². The maximum absolute atomic E-state index is 13.2. The minimum atomic E-state index is -1.16. The normalized spacial score (nSPS) is 13.4. The van der Waals surface area contributed by atoms with Crippen molar-refractivity contribution >= 4 is 34.9 Å². The van der Waals surface area contributed by atoms with Crippen molar-refractivity contribution in [2.24, 2.45) is 0 Å². The molecule has 0 aliphatic rings. The summed E-state index contributed by atoms with van der Waals surface area (Å²) < 4.78 is 11.2. The highest BCUT2D eigenvalue weighted by Crippen LogP contribution is 2.22. The van der Waals surface area contributed by atoms with Gasteiger partial charge < -0.3 is 9.47 Å². The number of hydrogen-bond donors (Lipinski definition) is 1. The molecule has 0 bridgehead atoms. The third-order valence-corrected chi connectivity index (χ3v) is 5.71. The van der Waals surface area contributed by atoms with Gasteiger partial charge in [-0.15, -0.1) is 0 Å². The SMILES string of the molecule is CCCC[C@@](C)(NC(=O)OC(C)(C)C)OC(=O)N(Cc1ccsc1)Cc1ccsc1. The van der Waals surface area contributed by atoms with Gasteiger partial charge in [-0.05, 0) is 78.9 Å². The number of carbonyl (C=O) groups is 2. The molecule has 0 saturated carbocycles. The van der Waals surface area contributed by atoms with Gasteiger partial charge in [0.2, 0.25) is 0 Å². The van der Waals surface area contributed by atoms with Gasteiger partial charge in [0.25, 0.3) is 0 Å². The van der Waals surface area contributed by atoms with Crippen LogP contribution < -0.4 is 5.32 Å². The van der Waals surface area contributed by atoms with Crippen LogP contribution in [0.15, 0.2) is 33.7 Å². The van der Waals surface area contributed by atoms with Crippen LogP contribution in [0.2, 0.25) is 0 Å². The standard InChI is InChI=1S/C22H32N2O4S2/c1-6-7-10-22(5,23-19(25)27-21(2,3)4)28-20(26)24(13-17-8-11-29-15-17)14-18-9-12-30-16-18/h8-9,11-12,15-16H,6-7,10,13-14H2,1-5H3,(H,23,25)/t22-/m0/s1. The Kier molecular flexibility index (Phi) is 8.73. The molecular weight excluding hydrogens is 420 g/mol. The first-order chi connectivity index (χ1) is 14.1. The lowest BCUT2D eigenvalue weighted by Gasteiger charge is -2.34. The molecule has 2 amide bonds. The summed E-state index contributed by atoms with van der Waals surface area (Å²) in [7, 11) is 0. The Labute approximate surface area is 187 Å². The van der Waals surface area contributed by atoms with Crippen LogP contribution in [0.1, 0.15) is 65.0 Å². The van der Waals surface area contributed by atoms with Crippen molar-refractivity contribution in [2.45, 2.75) is 78.3 Å². The van der Waals surface area contributed by atoms with Gasteiger partial charge in [-0.3, -0.25) is 10.2 Å². The number of alkyl carbamates (subject to hydrolysis) is 1. The number of hydrogen-bond acceptors (Lipinski definition) is 6. The van der Waals surface area contributed by atoms with Crippen LogP contribution in [-0.2, 0) is 22.6 Å². The second-order valence-electron chi connectivity index (χ2n) is 8.45. The average Bonchev–Trinajstić information content (AvgIpc) is 3.31. The average molecular weight is 453 g/mol. The lowest BCUT2D eigenvalue weighted by atomic mass is 10.1. The van der Waals surface area contributed by atoms with Crippen molar-refractivity contribution in [3.05, 3.63) is 44.8 Å². The summed E-state index contributed by atoms with van der Waals surface area (Å²) in [6.07, 6.45) is 1.14. The van der Waals surface area contributed by atoms with Crippen LogP contribution in [0.4, 0.5) is 9.59 Å². The van der Waals surface area contributed by atoms with E-state index in [0.717, 1.165) is 24.0 Å². The Hall–Kier alpha value is -2.06. The molecule has 0 aliphatic heterocycles. The summed E-state index contributed by atoms with van der Waals surface area (Å²) in [5.74, 6) is 0. The van der Waals surface area contributed by atoms with Crippen LogP contribution in [0.5, 0.6) is 0 Å². The monoisotopic (exact) mass is 452 g/mol. The molecule has 1 N–H and O–H groups in total. The maximum Gasteiger partial charge on any atom is 0.412 e. The smallest absolute Gasteiger partial charge is 0.412 e. The van der Waals surface area contributed by atoms with E-state index in [2.05, 4.69) is 12.2 Å². The van der Waals surface area contributed by atoms with Crippen LogP contribution in [0.25, 0.3) is 0 Å². The van der Waals surface area contributed by atoms with Gasteiger partial charge in [-0.25, -0.2) is 9.59 Å². The molecule has 2 rings (SSSR count). The van der Waals surface area contributed by atoms with E-state index >= 15 is 0 Å². The molecule has 30 heavy (non-hydrogen) atoms. The number of unbranched alkanes of at least 4 members (excludes halogenated alkanes) is 1. The number of ether oxygens (including phenoxy) is 2. The predicted molar refractivity (Wildman–Crippen MR) is 122 cm³/mol. The van der Waals surface area contributed by atoms with Crippen LogP contribution in [0.3, 0.4) is 0 Å². The number of nitrogens with one attached hydrogen (secondary N) is 1. The van der Waals surface area contributed by atoms with E-state index in [9.17, 15) is 9.59 Å². The largest absolute Gasteiger partial charge is 0.444 e. The zero-order valence-corrected chi connectivity index (χ0v) is 20.0. The molecule has 1 atom stereocenters. The highest BCUT2D eigenvalue weighted by Gasteiger charge is 2.34. The number of nitrogens with zero attached hydrogens (tertiary/aromatic N) is 1. The van der Waals surface area contributed by atoms with Crippen LogP contribution >= 0.6 is 22.7 Å². The van der Waals surface area contributed by atoms with Gasteiger partial charge in [0.15, 0.2) is 5.72 Å². The molecule has 2 aromatic rings. The third kappa shape index (κ3) is 8.36. The third-order valence-electron chi connectivity index (χ3n) is 4.25. The van der Waals surface area contributed by atoms with E-state index in [-0.39, 0.29) is 0 Å². The molecule has 0 aromatic carbocycles. The Balaban J connectivity index is 2.14. The molecule has 0 unspecified atom stereocenters. The van der Waals surface area contributed by atoms with E-state index in [1.807, 2.05) is 33.7 Å². The zero-order valence-electron chi connectivity index (χ0n) is 18.4. The molecule has 0 aliphatic carbocycles. The summed E-state index contributed by atoms with van der Waals surface area (Å²) >= 11 is 3.18. The maximum atomic E-state index is 13.2. The highest BCUT2D eigenvalue weighted by atomic mass is 32.1. The lowest BCUT2D eigenvalue weighted by molar-refractivity contribution is -0.0365. The summed E-state index contributed by atoms with van der Waals surface area (Å²) in [4.78, 5) is 27.2. The molecule has 166 valence electrons. The summed E-state index contributed by atoms with van der Waals surface area (Å²) in [6.45, 7) is 10.0. The number of carbonyl (C=O) groups excluding carboxylic acids is 2. The van der Waals surface area contributed by atoms with E-state index < -0.39 is 23.5 Å². The Morgan fingerprint density at radius 1 is 1.00 bits per heavy atom. The predicted octanol–water partition coefficient (Wildman–Crippen LogP) is 6.38. The van der Waals surface area contributed by atoms with Crippen LogP contribution in [0, 0.1) is 0 Å². The first kappa shape index (κ1) is 24.2. The first-order valence-electron chi connectivity index (χ1n) is 10.1. The first-order valence-corrected chi connectivity index (χ1v) is 12.0. The van der Waals surface area contributed by atoms with Crippen molar-refractivity contribution in [3.63, 3.8) is 0 Å². The number of rotatable bonds is 9. The van der Waals surface area contributed by atoms with E-state index in [1.54, 1.807) is 55.3 Å². The summed E-state index contributed by atoms with van der Waals surface area (Å²) in [5.41, 5.74) is 0.297. The molecule has 2 heterocycles. The lowest BCUT2D eigenvalue weighted by Crippen LogP contribution is -2.52. The molecule has 2 aromatic heterocycles. The molecule has 0 fully saturated rings. The number of thiophene rings is 2. The second-order valence-corrected chi connectivity index (χ2v) is 10.0. The van der Waals surface area contributed by atoms with Crippen molar-refractivity contribution in [1.82, 2.24) is 10.2 Å². The zero-order chi connectivity index (χ0) is 22.2. The second kappa shape index (κ2) is 10.8. The quantitative estimate of drug-likeness (QED) is 0.448. The van der Waals surface area contributed by atoms with Crippen molar-refractivity contribution in [3.8, 4) is 0 Å². The fourth-order valence-corrected chi connectivity index (χ4v) is 4.14. The van der Waals surface area contributed by atoms with Gasteiger partial charge in [-0.1, -0.05) is 13.3 Å². The Morgan fingerprint density at radius 2 is 1.57 bits per heavy atom. The van der Waals surface area contributed by atoms with Crippen molar-refractivity contribution < 1.29 is 19.1 Å². The Bertz CT molecular complexity index is 748. The fourth-order valence-electron chi connectivity index (χ4n) is 2.82.